The van der Waals surface area contributed by atoms with Crippen molar-refractivity contribution in [2.24, 2.45) is 10.9 Å². The normalized spacial score (nSPS) is 17.4. The molecule has 2 N–H and O–H groups in total. The zero-order valence-corrected chi connectivity index (χ0v) is 15.7. The fourth-order valence-corrected chi connectivity index (χ4v) is 3.79. The number of aliphatic carboxylic acids is 1. The number of hydrogen-bond acceptors (Lipinski definition) is 3. The smallest absolute Gasteiger partial charge is 0.303 e. The third kappa shape index (κ3) is 4.35. The molecule has 0 spiro atoms. The van der Waals surface area contributed by atoms with Crippen molar-refractivity contribution in [1.82, 2.24) is 5.32 Å². The summed E-state index contributed by atoms with van der Waals surface area (Å²) in [6.45, 7) is 2.70. The van der Waals surface area contributed by atoms with Crippen LogP contribution in [0.3, 0.4) is 0 Å². The average molecular weight is 366 g/mol. The van der Waals surface area contributed by atoms with Crippen LogP contribution in [0.5, 0.6) is 0 Å². The molecule has 1 aromatic carbocycles. The van der Waals surface area contributed by atoms with Gasteiger partial charge < -0.3 is 10.4 Å². The van der Waals surface area contributed by atoms with Gasteiger partial charge in [0.15, 0.2) is 0 Å². The quantitative estimate of drug-likeness (QED) is 0.695. The van der Waals surface area contributed by atoms with Crippen LogP contribution in [0.15, 0.2) is 47.1 Å². The first-order chi connectivity index (χ1) is 13.1. The molecular weight excluding hydrogens is 340 g/mol. The summed E-state index contributed by atoms with van der Waals surface area (Å²) >= 11 is 0. The molecule has 0 bridgehead atoms. The van der Waals surface area contributed by atoms with Crippen LogP contribution >= 0.6 is 0 Å². The maximum atomic E-state index is 12.7. The second-order valence-corrected chi connectivity index (χ2v) is 6.96. The predicted octanol–water partition coefficient (Wildman–Crippen LogP) is 2.72. The Morgan fingerprint density at radius 1 is 1.26 bits per heavy atom. The highest BCUT2D eigenvalue weighted by molar-refractivity contribution is 5.94. The van der Waals surface area contributed by atoms with Gasteiger partial charge in [-0.15, -0.1) is 0 Å². The molecule has 1 atom stereocenters. The number of carbonyl (C=O) groups is 2. The van der Waals surface area contributed by atoms with Gasteiger partial charge in [-0.05, 0) is 37.8 Å². The lowest BCUT2D eigenvalue weighted by molar-refractivity contribution is -0.137. The Balaban J connectivity index is 1.78. The van der Waals surface area contributed by atoms with Gasteiger partial charge in [0.2, 0.25) is 0 Å². The van der Waals surface area contributed by atoms with Gasteiger partial charge in [-0.2, -0.15) is 0 Å². The molecular formula is C22H26N2O3. The number of carboxylic acids is 1. The summed E-state index contributed by atoms with van der Waals surface area (Å²) < 4.78 is 0. The molecule has 0 saturated heterocycles. The predicted molar refractivity (Wildman–Crippen MR) is 105 cm³/mol. The van der Waals surface area contributed by atoms with Gasteiger partial charge in [0, 0.05) is 29.8 Å². The summed E-state index contributed by atoms with van der Waals surface area (Å²) in [6.07, 6.45) is 10.5. The zero-order valence-electron chi connectivity index (χ0n) is 15.7. The molecule has 0 saturated carbocycles. The van der Waals surface area contributed by atoms with Gasteiger partial charge in [0.05, 0.1) is 10.9 Å². The van der Waals surface area contributed by atoms with Gasteiger partial charge in [-0.25, -0.2) is 0 Å². The van der Waals surface area contributed by atoms with Crippen molar-refractivity contribution in [2.45, 2.75) is 45.4 Å². The summed E-state index contributed by atoms with van der Waals surface area (Å²) in [4.78, 5) is 28.1. The topological polar surface area (TPSA) is 78.8 Å². The number of benzene rings is 1. The molecule has 5 nitrogen and oxygen atoms in total. The van der Waals surface area contributed by atoms with E-state index in [-0.39, 0.29) is 12.3 Å². The summed E-state index contributed by atoms with van der Waals surface area (Å²) in [5.41, 5.74) is 2.99. The van der Waals surface area contributed by atoms with Crippen LogP contribution in [0.25, 0.3) is 5.57 Å². The molecule has 1 aliphatic carbocycles. The maximum absolute atomic E-state index is 12.7. The number of amides is 1. The second kappa shape index (κ2) is 8.80. The van der Waals surface area contributed by atoms with Gasteiger partial charge >= 0.3 is 5.97 Å². The van der Waals surface area contributed by atoms with E-state index in [1.54, 1.807) is 0 Å². The number of unbranched alkanes of at least 4 members (excludes halogenated alkanes) is 2. The second-order valence-electron chi connectivity index (χ2n) is 6.96. The number of nitrogens with one attached hydrogen (secondary N) is 1. The lowest BCUT2D eigenvalue weighted by atomic mass is 9.84. The van der Waals surface area contributed by atoms with E-state index < -0.39 is 5.97 Å². The van der Waals surface area contributed by atoms with Gasteiger partial charge in [-0.3, -0.25) is 14.6 Å². The lowest BCUT2D eigenvalue weighted by Gasteiger charge is -2.25. The van der Waals surface area contributed by atoms with E-state index in [4.69, 9.17) is 10.1 Å². The molecule has 27 heavy (non-hydrogen) atoms. The highest BCUT2D eigenvalue weighted by Crippen LogP contribution is 2.31. The maximum Gasteiger partial charge on any atom is 0.303 e. The number of rotatable bonds is 8. The molecule has 1 heterocycles. The average Bonchev–Trinajstić information content (AvgIpc) is 2.67. The Kier molecular flexibility index (Phi) is 6.22. The fraction of sp³-hybridized carbons (Fsp3) is 0.409. The number of carboxylic acid groups (broad SMARTS) is 1. The van der Waals surface area contributed by atoms with E-state index >= 15 is 0 Å². The fourth-order valence-electron chi connectivity index (χ4n) is 3.79. The summed E-state index contributed by atoms with van der Waals surface area (Å²) in [5.74, 6) is -0.570. The third-order valence-corrected chi connectivity index (χ3v) is 5.15. The highest BCUT2D eigenvalue weighted by atomic mass is 16.4. The van der Waals surface area contributed by atoms with E-state index in [1.165, 1.54) is 5.57 Å². The Hall–Kier alpha value is -2.69. The first-order valence-corrected chi connectivity index (χ1v) is 9.69. The molecule has 1 aliphatic heterocycles. The summed E-state index contributed by atoms with van der Waals surface area (Å²) in [5, 5.41) is 13.5. The number of hydrogen-bond donors (Lipinski definition) is 2. The van der Waals surface area contributed by atoms with E-state index in [9.17, 15) is 9.59 Å². The number of carbonyl (C=O) groups excluding carboxylic acids is 1. The van der Waals surface area contributed by atoms with Crippen LogP contribution in [0, 0.1) is 5.92 Å². The van der Waals surface area contributed by atoms with Crippen molar-refractivity contribution in [2.75, 3.05) is 6.54 Å². The molecule has 5 heteroatoms. The van der Waals surface area contributed by atoms with Crippen molar-refractivity contribution < 1.29 is 14.7 Å². The molecule has 1 amide bonds. The lowest BCUT2D eigenvalue weighted by Crippen LogP contribution is -2.41. The van der Waals surface area contributed by atoms with Gasteiger partial charge in [0.25, 0.3) is 5.91 Å². The van der Waals surface area contributed by atoms with Crippen LogP contribution in [-0.2, 0) is 4.79 Å². The number of nitrogens with zero attached hydrogens (tertiary/aromatic N) is 1. The summed E-state index contributed by atoms with van der Waals surface area (Å²) in [6, 6.07) is 5.82. The van der Waals surface area contributed by atoms with E-state index in [2.05, 4.69) is 24.4 Å². The number of allylic oxidation sites excluding steroid dienone is 4. The molecule has 2 aliphatic rings. The monoisotopic (exact) mass is 366 g/mol. The van der Waals surface area contributed by atoms with E-state index in [0.29, 0.717) is 24.4 Å². The Labute approximate surface area is 159 Å². The van der Waals surface area contributed by atoms with E-state index in [0.717, 1.165) is 42.0 Å². The van der Waals surface area contributed by atoms with Crippen LogP contribution in [-0.4, -0.2) is 23.5 Å². The molecule has 0 aromatic heterocycles. The van der Waals surface area contributed by atoms with Crippen LogP contribution in [0.4, 0.5) is 0 Å². The molecule has 0 radical (unpaired) electrons. The van der Waals surface area contributed by atoms with Gasteiger partial charge in [-0.1, -0.05) is 43.2 Å². The minimum Gasteiger partial charge on any atom is -0.481 e. The number of para-hydroxylation sites is 1. The zero-order chi connectivity index (χ0) is 19.2. The summed E-state index contributed by atoms with van der Waals surface area (Å²) in [7, 11) is 0. The van der Waals surface area contributed by atoms with Crippen LogP contribution in [0.1, 0.15) is 55.8 Å². The Morgan fingerprint density at radius 2 is 2.11 bits per heavy atom. The molecule has 0 fully saturated rings. The molecule has 1 unspecified atom stereocenters. The molecule has 3 rings (SSSR count). The van der Waals surface area contributed by atoms with Crippen LogP contribution < -0.4 is 15.9 Å². The number of fused-ring (bicyclic) bond motifs is 2. The standard InChI is InChI=1S/C22H26N2O3/c1-2-15-16-9-5-6-12-19(16)24-21-17(15)10-8-11-18(21)22(27)23-14-7-3-4-13-20(25)26/h5-6,8,10-12,16H,2-4,7,9,13-14H2,1H3,(H,23,27)(H,25,26). The molecule has 1 aromatic rings. The van der Waals surface area contributed by atoms with Gasteiger partial charge in [0.1, 0.15) is 0 Å². The SMILES string of the molecule is CCC1=c2cccc(C(=O)NCCCCCC(=O)O)c2=NC2=CC=CCC21. The third-order valence-electron chi connectivity index (χ3n) is 5.15. The van der Waals surface area contributed by atoms with Crippen molar-refractivity contribution in [1.29, 1.82) is 0 Å². The Morgan fingerprint density at radius 3 is 2.89 bits per heavy atom. The van der Waals surface area contributed by atoms with Crippen molar-refractivity contribution in [3.8, 4) is 0 Å². The van der Waals surface area contributed by atoms with Crippen molar-refractivity contribution in [3.63, 3.8) is 0 Å². The molecule has 142 valence electrons. The van der Waals surface area contributed by atoms with Crippen molar-refractivity contribution in [3.05, 3.63) is 58.3 Å². The first kappa shape index (κ1) is 19.1. The first-order valence-electron chi connectivity index (χ1n) is 9.69. The largest absolute Gasteiger partial charge is 0.481 e. The minimum atomic E-state index is -0.773. The van der Waals surface area contributed by atoms with Crippen molar-refractivity contribution >= 4 is 17.4 Å². The van der Waals surface area contributed by atoms with E-state index in [1.807, 2.05) is 24.3 Å². The van der Waals surface area contributed by atoms with Crippen LogP contribution in [0.2, 0.25) is 0 Å². The minimum absolute atomic E-state index is 0.116. The Bertz CT molecular complexity index is 912. The highest BCUT2D eigenvalue weighted by Gasteiger charge is 2.24.